The van der Waals surface area contributed by atoms with Crippen molar-refractivity contribution in [3.63, 3.8) is 0 Å². The van der Waals surface area contributed by atoms with Gasteiger partial charge in [0, 0.05) is 6.07 Å². The Balaban J connectivity index is 3.08. The highest BCUT2D eigenvalue weighted by Gasteiger charge is 1.90. The van der Waals surface area contributed by atoms with Crippen LogP contribution in [0.25, 0.3) is 0 Å². The number of aromatic nitrogens is 2. The lowest BCUT2D eigenvalue weighted by molar-refractivity contribution is 0.609. The summed E-state index contributed by atoms with van der Waals surface area (Å²) in [4.78, 5) is 0. The molecule has 0 atom stereocenters. The average Bonchev–Trinajstić information content (AvgIpc) is 1.64. The Hall–Kier alpha value is -0.510. The first-order chi connectivity index (χ1) is 3.79. The largest absolute Gasteiger partial charge is 0.204 e. The predicted molar refractivity (Wildman–Crippen MR) is 28.5 cm³/mol. The van der Waals surface area contributed by atoms with Crippen molar-refractivity contribution in [3.05, 3.63) is 22.7 Å². The van der Waals surface area contributed by atoms with Gasteiger partial charge in [0.05, 0.1) is 0 Å². The molecule has 4 heteroatoms. The van der Waals surface area contributed by atoms with E-state index in [9.17, 15) is 4.39 Å². The summed E-state index contributed by atoms with van der Waals surface area (Å²) in [6, 6.07) is 1.19. The van der Waals surface area contributed by atoms with Crippen LogP contribution in [0, 0.1) is 12.0 Å². The van der Waals surface area contributed by atoms with Gasteiger partial charge < -0.3 is 0 Å². The van der Waals surface area contributed by atoms with E-state index in [4.69, 9.17) is 0 Å². The third-order valence-corrected chi connectivity index (χ3v) is 0.936. The minimum atomic E-state index is -0.508. The fraction of sp³-hybridized carbons (Fsp3) is 0. The number of hydrogen-bond acceptors (Lipinski definition) is 2. The molecule has 0 saturated carbocycles. The van der Waals surface area contributed by atoms with Gasteiger partial charge in [-0.2, -0.15) is 0 Å². The maximum Gasteiger partial charge on any atom is 0.155 e. The van der Waals surface area contributed by atoms with Crippen LogP contribution in [0.1, 0.15) is 0 Å². The number of nitrogens with zero attached hydrogens (tertiary/aromatic N) is 2. The molecule has 0 saturated heterocycles. The Morgan fingerprint density at radius 1 is 1.75 bits per heavy atom. The summed E-state index contributed by atoms with van der Waals surface area (Å²) in [6.07, 6.45) is 2.01. The second-order valence-corrected chi connectivity index (χ2v) is 1.94. The van der Waals surface area contributed by atoms with Crippen molar-refractivity contribution in [2.24, 2.45) is 0 Å². The SMILES string of the molecule is Fc1[c]nnc(Br)c1. The molecule has 0 bridgehead atoms. The van der Waals surface area contributed by atoms with Gasteiger partial charge in [0.25, 0.3) is 0 Å². The highest BCUT2D eigenvalue weighted by molar-refractivity contribution is 9.10. The van der Waals surface area contributed by atoms with E-state index in [1.54, 1.807) is 0 Å². The molecule has 1 radical (unpaired) electrons. The first-order valence-electron chi connectivity index (χ1n) is 1.85. The van der Waals surface area contributed by atoms with Gasteiger partial charge in [-0.15, -0.1) is 10.2 Å². The molecular formula is C4HBrFN2. The Morgan fingerprint density at radius 3 is 2.88 bits per heavy atom. The van der Waals surface area contributed by atoms with Gasteiger partial charge in [-0.25, -0.2) is 4.39 Å². The number of halogens is 2. The maximum absolute atomic E-state index is 12.0. The third kappa shape index (κ3) is 1.23. The van der Waals surface area contributed by atoms with Crippen LogP contribution in [-0.4, -0.2) is 10.2 Å². The molecule has 2 nitrogen and oxygen atoms in total. The lowest BCUT2D eigenvalue weighted by atomic mass is 10.6. The highest BCUT2D eigenvalue weighted by atomic mass is 79.9. The van der Waals surface area contributed by atoms with E-state index in [-0.39, 0.29) is 0 Å². The van der Waals surface area contributed by atoms with E-state index in [1.165, 1.54) is 6.07 Å². The summed E-state index contributed by atoms with van der Waals surface area (Å²) in [5, 5.41) is 6.60. The van der Waals surface area contributed by atoms with Gasteiger partial charge in [-0.1, -0.05) is 0 Å². The zero-order valence-corrected chi connectivity index (χ0v) is 5.31. The maximum atomic E-state index is 12.0. The van der Waals surface area contributed by atoms with Crippen LogP contribution in [0.5, 0.6) is 0 Å². The molecule has 1 aromatic heterocycles. The first kappa shape index (κ1) is 5.62. The topological polar surface area (TPSA) is 25.8 Å². The van der Waals surface area contributed by atoms with Crippen LogP contribution < -0.4 is 0 Å². The van der Waals surface area contributed by atoms with Crippen LogP contribution in [0.2, 0.25) is 0 Å². The predicted octanol–water partition coefficient (Wildman–Crippen LogP) is 1.18. The van der Waals surface area contributed by atoms with E-state index in [0.29, 0.717) is 4.60 Å². The van der Waals surface area contributed by atoms with Crippen molar-refractivity contribution in [2.45, 2.75) is 0 Å². The van der Waals surface area contributed by atoms with Crippen molar-refractivity contribution < 1.29 is 4.39 Å². The van der Waals surface area contributed by atoms with Crippen molar-refractivity contribution in [2.75, 3.05) is 0 Å². The molecule has 0 N–H and O–H groups in total. The summed E-state index contributed by atoms with van der Waals surface area (Å²) in [5.74, 6) is -0.508. The van der Waals surface area contributed by atoms with Crippen molar-refractivity contribution >= 4 is 15.9 Å². The Labute approximate surface area is 53.9 Å². The molecule has 0 aliphatic carbocycles. The second-order valence-electron chi connectivity index (χ2n) is 1.13. The molecule has 0 aliphatic heterocycles. The van der Waals surface area contributed by atoms with Crippen LogP contribution >= 0.6 is 15.9 Å². The number of hydrogen-bond donors (Lipinski definition) is 0. The first-order valence-corrected chi connectivity index (χ1v) is 2.65. The van der Waals surface area contributed by atoms with Gasteiger partial charge in [0.2, 0.25) is 0 Å². The summed E-state index contributed by atoms with van der Waals surface area (Å²) < 4.78 is 12.4. The Kier molecular flexibility index (Phi) is 1.53. The Morgan fingerprint density at radius 2 is 2.50 bits per heavy atom. The zero-order chi connectivity index (χ0) is 5.98. The molecule has 0 spiro atoms. The van der Waals surface area contributed by atoms with Crippen LogP contribution in [-0.2, 0) is 0 Å². The molecule has 8 heavy (non-hydrogen) atoms. The monoisotopic (exact) mass is 175 g/mol. The molecule has 41 valence electrons. The van der Waals surface area contributed by atoms with Gasteiger partial charge >= 0.3 is 0 Å². The third-order valence-electron chi connectivity index (χ3n) is 0.548. The lowest BCUT2D eigenvalue weighted by Crippen LogP contribution is -1.82. The van der Waals surface area contributed by atoms with E-state index in [0.717, 1.165) is 0 Å². The van der Waals surface area contributed by atoms with Crippen LogP contribution in [0.15, 0.2) is 10.7 Å². The van der Waals surface area contributed by atoms with Crippen LogP contribution in [0.3, 0.4) is 0 Å². The van der Waals surface area contributed by atoms with Crippen molar-refractivity contribution in [3.8, 4) is 0 Å². The van der Waals surface area contributed by atoms with E-state index < -0.39 is 5.82 Å². The normalized spacial score (nSPS) is 9.25. The van der Waals surface area contributed by atoms with E-state index in [1.807, 2.05) is 6.20 Å². The minimum Gasteiger partial charge on any atom is -0.204 e. The summed E-state index contributed by atoms with van der Waals surface area (Å²) in [5.41, 5.74) is 0. The molecule has 1 aromatic rings. The second kappa shape index (κ2) is 2.17. The zero-order valence-electron chi connectivity index (χ0n) is 3.73. The molecule has 1 heterocycles. The van der Waals surface area contributed by atoms with Crippen LogP contribution in [0.4, 0.5) is 4.39 Å². The van der Waals surface area contributed by atoms with Gasteiger partial charge in [0.15, 0.2) is 12.0 Å². The fourth-order valence-corrected chi connectivity index (χ4v) is 0.567. The minimum absolute atomic E-state index is 0.383. The fourth-order valence-electron chi connectivity index (χ4n) is 0.286. The molecular weight excluding hydrogens is 175 g/mol. The average molecular weight is 176 g/mol. The standard InChI is InChI=1S/C4HBrFN2/c5-4-1-3(6)2-7-8-4/h1H. The summed E-state index contributed by atoms with van der Waals surface area (Å²) >= 11 is 2.93. The lowest BCUT2D eigenvalue weighted by Gasteiger charge is -1.82. The van der Waals surface area contributed by atoms with Gasteiger partial charge in [-0.3, -0.25) is 0 Å². The summed E-state index contributed by atoms with van der Waals surface area (Å²) in [7, 11) is 0. The number of rotatable bonds is 0. The highest BCUT2D eigenvalue weighted by Crippen LogP contribution is 2.02. The van der Waals surface area contributed by atoms with Gasteiger partial charge in [-0.05, 0) is 15.9 Å². The molecule has 0 aromatic carbocycles. The quantitative estimate of drug-likeness (QED) is 0.592. The molecule has 1 rings (SSSR count). The van der Waals surface area contributed by atoms with Crippen molar-refractivity contribution in [1.29, 1.82) is 0 Å². The molecule has 0 amide bonds. The molecule has 0 fully saturated rings. The smallest absolute Gasteiger partial charge is 0.155 e. The molecule has 0 aliphatic rings. The summed E-state index contributed by atoms with van der Waals surface area (Å²) in [6.45, 7) is 0. The Bertz CT molecular complexity index is 174. The van der Waals surface area contributed by atoms with Gasteiger partial charge in [0.1, 0.15) is 4.60 Å². The van der Waals surface area contributed by atoms with E-state index >= 15 is 0 Å². The van der Waals surface area contributed by atoms with E-state index in [2.05, 4.69) is 26.1 Å². The molecule has 0 unspecified atom stereocenters. The van der Waals surface area contributed by atoms with Crippen molar-refractivity contribution in [1.82, 2.24) is 10.2 Å².